The summed E-state index contributed by atoms with van der Waals surface area (Å²) in [6.45, 7) is 8.13. The number of amides is 3. The fourth-order valence-corrected chi connectivity index (χ4v) is 4.21. The van der Waals surface area contributed by atoms with Crippen LogP contribution < -0.4 is 21.7 Å². The van der Waals surface area contributed by atoms with Crippen LogP contribution in [0.5, 0.6) is 0 Å². The fourth-order valence-electron chi connectivity index (χ4n) is 3.44. The van der Waals surface area contributed by atoms with Gasteiger partial charge in [0, 0.05) is 24.8 Å². The smallest absolute Gasteiger partial charge is 0.243 e. The maximum absolute atomic E-state index is 12.7. The number of rotatable bonds is 24. The summed E-state index contributed by atoms with van der Waals surface area (Å²) in [7, 11) is -1.58. The zero-order chi connectivity index (χ0) is 31.9. The molecule has 0 aliphatic heterocycles. The third-order valence-electron chi connectivity index (χ3n) is 5.85. The molecule has 0 aromatic heterocycles. The van der Waals surface area contributed by atoms with E-state index in [0.717, 1.165) is 11.1 Å². The molecule has 0 radical (unpaired) electrons. The number of hydrogen-bond donors (Lipinski definition) is 6. The minimum absolute atomic E-state index is 0.00149. The van der Waals surface area contributed by atoms with Gasteiger partial charge in [-0.05, 0) is 37.0 Å². The molecule has 1 rings (SSSR count). The standard InChI is InChI=1S/C29H49N4O9P/c1-22(2)28(33-26(35)10-12-39-14-16-41-17-15-40-13-11-30)29(37)31-19-27(36)32-25-8-6-24(7-9-25)21-42-43(38)18-4-5-23(3)20-34/h5-9,22,28,34,38H,4,10-21,30H2,1-3H3,(H,31,37)(H,32,36)(H,33,35)/b23-5+. The zero-order valence-corrected chi connectivity index (χ0v) is 26.4. The van der Waals surface area contributed by atoms with Crippen molar-refractivity contribution < 1.29 is 43.1 Å². The van der Waals surface area contributed by atoms with E-state index in [9.17, 15) is 19.3 Å². The van der Waals surface area contributed by atoms with Gasteiger partial charge in [0.1, 0.15) is 6.04 Å². The summed E-state index contributed by atoms with van der Waals surface area (Å²) in [5.74, 6) is -1.41. The lowest BCUT2D eigenvalue weighted by Crippen LogP contribution is -2.51. The molecule has 0 aliphatic rings. The molecule has 1 aromatic carbocycles. The Balaban J connectivity index is 2.31. The number of nitrogens with two attached hydrogens (primary N) is 1. The molecule has 0 saturated heterocycles. The molecule has 244 valence electrons. The Morgan fingerprint density at radius 3 is 2.21 bits per heavy atom. The molecule has 13 nitrogen and oxygen atoms in total. The van der Waals surface area contributed by atoms with Gasteiger partial charge >= 0.3 is 0 Å². The van der Waals surface area contributed by atoms with Crippen molar-refractivity contribution in [3.05, 3.63) is 41.5 Å². The number of ether oxygens (including phenoxy) is 3. The summed E-state index contributed by atoms with van der Waals surface area (Å²) < 4.78 is 21.4. The van der Waals surface area contributed by atoms with Gasteiger partial charge in [0.15, 0.2) is 8.38 Å². The lowest BCUT2D eigenvalue weighted by Gasteiger charge is -2.21. The zero-order valence-electron chi connectivity index (χ0n) is 25.5. The van der Waals surface area contributed by atoms with Crippen LogP contribution in [0, 0.1) is 5.92 Å². The Morgan fingerprint density at radius 2 is 1.60 bits per heavy atom. The van der Waals surface area contributed by atoms with Crippen molar-refractivity contribution in [2.24, 2.45) is 11.7 Å². The molecule has 7 N–H and O–H groups in total. The molecule has 0 saturated carbocycles. The van der Waals surface area contributed by atoms with Crippen molar-refractivity contribution in [2.45, 2.75) is 46.3 Å². The molecule has 14 heteroatoms. The largest absolute Gasteiger partial charge is 0.392 e. The lowest BCUT2D eigenvalue weighted by atomic mass is 10.0. The van der Waals surface area contributed by atoms with Gasteiger partial charge in [0.05, 0.1) is 59.4 Å². The van der Waals surface area contributed by atoms with Crippen LogP contribution in [0.2, 0.25) is 0 Å². The van der Waals surface area contributed by atoms with Gasteiger partial charge in [0.25, 0.3) is 0 Å². The van der Waals surface area contributed by atoms with E-state index in [-0.39, 0.29) is 44.6 Å². The molecule has 0 bridgehead atoms. The summed E-state index contributed by atoms with van der Waals surface area (Å²) in [5, 5.41) is 17.0. The van der Waals surface area contributed by atoms with Crippen LogP contribution in [-0.2, 0) is 39.7 Å². The first-order valence-electron chi connectivity index (χ1n) is 14.4. The molecule has 43 heavy (non-hydrogen) atoms. The summed E-state index contributed by atoms with van der Waals surface area (Å²) >= 11 is 0. The van der Waals surface area contributed by atoms with Crippen molar-refractivity contribution in [1.29, 1.82) is 0 Å². The van der Waals surface area contributed by atoms with Gasteiger partial charge in [-0.15, -0.1) is 0 Å². The van der Waals surface area contributed by atoms with Gasteiger partial charge in [-0.1, -0.05) is 37.6 Å². The Bertz CT molecular complexity index is 964. The van der Waals surface area contributed by atoms with Crippen LogP contribution in [0.1, 0.15) is 39.2 Å². The number of anilines is 1. The molecule has 2 unspecified atom stereocenters. The van der Waals surface area contributed by atoms with E-state index in [1.54, 1.807) is 38.1 Å². The highest BCUT2D eigenvalue weighted by atomic mass is 31.2. The second-order valence-corrected chi connectivity index (χ2v) is 11.4. The number of benzene rings is 1. The maximum atomic E-state index is 12.7. The van der Waals surface area contributed by atoms with E-state index >= 15 is 0 Å². The van der Waals surface area contributed by atoms with Gasteiger partial charge in [-0.25, -0.2) is 0 Å². The number of hydrogen-bond acceptors (Lipinski definition) is 10. The maximum Gasteiger partial charge on any atom is 0.243 e. The first-order valence-corrected chi connectivity index (χ1v) is 15.8. The van der Waals surface area contributed by atoms with Crippen molar-refractivity contribution in [2.75, 3.05) is 70.8 Å². The Hall–Kier alpha value is -2.48. The predicted molar refractivity (Wildman–Crippen MR) is 165 cm³/mol. The van der Waals surface area contributed by atoms with E-state index in [4.69, 9.17) is 29.6 Å². The van der Waals surface area contributed by atoms with Crippen LogP contribution in [0.15, 0.2) is 35.9 Å². The molecule has 0 spiro atoms. The van der Waals surface area contributed by atoms with Crippen LogP contribution in [-0.4, -0.2) is 99.3 Å². The average molecular weight is 629 g/mol. The SMILES string of the molecule is C/C(=C\CCP(O)OCc1ccc(NC(=O)CNC(=O)C(NC(=O)CCOCCOCCOCCN)C(C)C)cc1)CO. The minimum atomic E-state index is -1.58. The fraction of sp³-hybridized carbons (Fsp3) is 0.621. The number of allylic oxidation sites excluding steroid dienone is 1. The molecular formula is C29H49N4O9P. The molecule has 2 atom stereocenters. The molecule has 3 amide bonds. The van der Waals surface area contributed by atoms with Crippen LogP contribution in [0.4, 0.5) is 5.69 Å². The van der Waals surface area contributed by atoms with Crippen molar-refractivity contribution in [3.8, 4) is 0 Å². The second-order valence-electron chi connectivity index (χ2n) is 9.97. The number of nitrogens with one attached hydrogen (secondary N) is 3. The molecule has 0 heterocycles. The molecular weight excluding hydrogens is 579 g/mol. The molecule has 0 fully saturated rings. The van der Waals surface area contributed by atoms with Crippen LogP contribution in [0.3, 0.4) is 0 Å². The summed E-state index contributed by atoms with van der Waals surface area (Å²) in [6, 6.07) is 6.15. The predicted octanol–water partition coefficient (Wildman–Crippen LogP) is 1.43. The van der Waals surface area contributed by atoms with E-state index in [0.29, 0.717) is 57.8 Å². The number of aliphatic hydroxyl groups is 1. The van der Waals surface area contributed by atoms with E-state index in [1.165, 1.54) is 0 Å². The van der Waals surface area contributed by atoms with E-state index < -0.39 is 26.2 Å². The quantitative estimate of drug-likeness (QED) is 0.0555. The van der Waals surface area contributed by atoms with Crippen LogP contribution >= 0.6 is 8.38 Å². The Kier molecular flexibility index (Phi) is 21.4. The van der Waals surface area contributed by atoms with E-state index in [2.05, 4.69) is 16.0 Å². The van der Waals surface area contributed by atoms with Crippen molar-refractivity contribution >= 4 is 31.8 Å². The van der Waals surface area contributed by atoms with Crippen molar-refractivity contribution in [3.63, 3.8) is 0 Å². The Labute approximate surface area is 255 Å². The highest BCUT2D eigenvalue weighted by Gasteiger charge is 2.24. The molecule has 1 aromatic rings. The van der Waals surface area contributed by atoms with Gasteiger partial charge < -0.3 is 50.4 Å². The first kappa shape index (κ1) is 38.5. The average Bonchev–Trinajstić information content (AvgIpc) is 2.99. The minimum Gasteiger partial charge on any atom is -0.392 e. The summed E-state index contributed by atoms with van der Waals surface area (Å²) in [5.41, 5.74) is 7.55. The third kappa shape index (κ3) is 19.4. The van der Waals surface area contributed by atoms with Gasteiger partial charge in [0.2, 0.25) is 17.7 Å². The highest BCUT2D eigenvalue weighted by molar-refractivity contribution is 7.46. The monoisotopic (exact) mass is 628 g/mol. The van der Waals surface area contributed by atoms with E-state index in [1.807, 2.05) is 13.0 Å². The number of carbonyl (C=O) groups excluding carboxylic acids is 3. The molecule has 0 aliphatic carbocycles. The highest BCUT2D eigenvalue weighted by Crippen LogP contribution is 2.33. The first-order chi connectivity index (χ1) is 20.7. The summed E-state index contributed by atoms with van der Waals surface area (Å²) in [6.07, 6.45) is 3.05. The summed E-state index contributed by atoms with van der Waals surface area (Å²) in [4.78, 5) is 47.4. The lowest BCUT2D eigenvalue weighted by molar-refractivity contribution is -0.131. The van der Waals surface area contributed by atoms with Crippen LogP contribution in [0.25, 0.3) is 0 Å². The topological polar surface area (TPSA) is 191 Å². The number of carbonyl (C=O) groups is 3. The Morgan fingerprint density at radius 1 is 0.977 bits per heavy atom. The van der Waals surface area contributed by atoms with Gasteiger partial charge in [-0.3, -0.25) is 14.4 Å². The third-order valence-corrected chi connectivity index (χ3v) is 6.92. The second kappa shape index (κ2) is 23.9. The van der Waals surface area contributed by atoms with Crippen molar-refractivity contribution in [1.82, 2.24) is 10.6 Å². The number of aliphatic hydroxyl groups excluding tert-OH is 1. The normalized spacial score (nSPS) is 13.0. The van der Waals surface area contributed by atoms with Gasteiger partial charge in [-0.2, -0.15) is 0 Å².